The van der Waals surface area contributed by atoms with Crippen molar-refractivity contribution in [3.05, 3.63) is 69.6 Å². The molecule has 0 saturated carbocycles. The molecule has 1 heterocycles. The Balaban J connectivity index is 2.39. The molecule has 1 aromatic heterocycles. The molecular weight excluding hydrogens is 354 g/mol. The van der Waals surface area contributed by atoms with Gasteiger partial charge in [-0.2, -0.15) is 0 Å². The zero-order valence-electron chi connectivity index (χ0n) is 17.2. The van der Waals surface area contributed by atoms with Gasteiger partial charge in [0.1, 0.15) is 0 Å². The van der Waals surface area contributed by atoms with Crippen LogP contribution in [0.2, 0.25) is 0 Å². The minimum absolute atomic E-state index is 0.0344. The van der Waals surface area contributed by atoms with E-state index in [1.165, 1.54) is 10.8 Å². The van der Waals surface area contributed by atoms with Crippen molar-refractivity contribution < 1.29 is 9.59 Å². The number of pyridine rings is 1. The van der Waals surface area contributed by atoms with Gasteiger partial charge in [-0.1, -0.05) is 44.2 Å². The molecule has 0 aliphatic heterocycles. The van der Waals surface area contributed by atoms with Crippen LogP contribution in [0, 0.1) is 12.8 Å². The fourth-order valence-corrected chi connectivity index (χ4v) is 3.29. The number of aromatic nitrogens is 1. The van der Waals surface area contributed by atoms with Gasteiger partial charge in [-0.25, -0.2) is 0 Å². The Morgan fingerprint density at radius 1 is 1.18 bits per heavy atom. The zero-order chi connectivity index (χ0) is 20.8. The molecule has 0 saturated heterocycles. The van der Waals surface area contributed by atoms with E-state index in [9.17, 15) is 14.4 Å². The van der Waals surface area contributed by atoms with Crippen LogP contribution < -0.4 is 10.9 Å². The molecule has 0 fully saturated rings. The zero-order valence-corrected chi connectivity index (χ0v) is 17.2. The quantitative estimate of drug-likeness (QED) is 0.798. The van der Waals surface area contributed by atoms with Crippen LogP contribution in [0.15, 0.2) is 47.4 Å². The maximum Gasteiger partial charge on any atom is 0.255 e. The van der Waals surface area contributed by atoms with E-state index >= 15 is 0 Å². The molecule has 1 aromatic carbocycles. The molecule has 1 unspecified atom stereocenters. The molecule has 28 heavy (non-hydrogen) atoms. The van der Waals surface area contributed by atoms with Gasteiger partial charge in [-0.05, 0) is 24.5 Å². The molecule has 0 spiro atoms. The predicted molar refractivity (Wildman–Crippen MR) is 110 cm³/mol. The summed E-state index contributed by atoms with van der Waals surface area (Å²) in [6.07, 6.45) is 1.53. The first-order valence-corrected chi connectivity index (χ1v) is 9.46. The van der Waals surface area contributed by atoms with Crippen LogP contribution in [0.4, 0.5) is 0 Å². The Morgan fingerprint density at radius 3 is 2.36 bits per heavy atom. The highest BCUT2D eigenvalue weighted by Gasteiger charge is 2.25. The predicted octanol–water partition coefficient (Wildman–Crippen LogP) is 2.32. The van der Waals surface area contributed by atoms with Gasteiger partial charge >= 0.3 is 0 Å². The van der Waals surface area contributed by atoms with Gasteiger partial charge in [0.25, 0.3) is 11.5 Å². The number of carbonyl (C=O) groups is 2. The van der Waals surface area contributed by atoms with Crippen molar-refractivity contribution in [1.29, 1.82) is 0 Å². The maximum absolute atomic E-state index is 13.2. The van der Waals surface area contributed by atoms with Gasteiger partial charge in [0.05, 0.1) is 12.1 Å². The number of amides is 2. The smallest absolute Gasteiger partial charge is 0.255 e. The molecule has 2 amide bonds. The van der Waals surface area contributed by atoms with Gasteiger partial charge in [0.2, 0.25) is 5.91 Å². The van der Waals surface area contributed by atoms with Crippen LogP contribution in [0.25, 0.3) is 0 Å². The van der Waals surface area contributed by atoms with E-state index in [1.54, 1.807) is 32.0 Å². The molecule has 1 N–H and O–H groups in total. The fraction of sp³-hybridized carbons (Fsp3) is 0.409. The first kappa shape index (κ1) is 21.4. The normalized spacial score (nSPS) is 11.9. The van der Waals surface area contributed by atoms with Crippen LogP contribution in [0.3, 0.4) is 0 Å². The molecular formula is C22H29N3O3. The van der Waals surface area contributed by atoms with Crippen LogP contribution in [0.5, 0.6) is 0 Å². The number of hydrogen-bond acceptors (Lipinski definition) is 3. The van der Waals surface area contributed by atoms with Crippen LogP contribution in [-0.2, 0) is 11.8 Å². The summed E-state index contributed by atoms with van der Waals surface area (Å²) in [7, 11) is 3.18. The van der Waals surface area contributed by atoms with Gasteiger partial charge < -0.3 is 14.8 Å². The van der Waals surface area contributed by atoms with E-state index in [2.05, 4.69) is 19.2 Å². The number of benzene rings is 1. The number of likely N-dealkylation sites (N-methyl/N-ethyl adjacent to an activating group) is 1. The van der Waals surface area contributed by atoms with Gasteiger partial charge in [0, 0.05) is 38.3 Å². The Labute approximate surface area is 166 Å². The van der Waals surface area contributed by atoms with E-state index < -0.39 is 0 Å². The number of nitrogens with zero attached hydrogens (tertiary/aromatic N) is 2. The van der Waals surface area contributed by atoms with Crippen LogP contribution in [0.1, 0.15) is 41.3 Å². The average molecular weight is 383 g/mol. The molecule has 0 radical (unpaired) electrons. The van der Waals surface area contributed by atoms with Crippen LogP contribution >= 0.6 is 0 Å². The number of hydrogen-bond donors (Lipinski definition) is 1. The second-order valence-corrected chi connectivity index (χ2v) is 7.45. The molecule has 0 bridgehead atoms. The molecule has 0 aliphatic rings. The number of aryl methyl sites for hydroxylation is 2. The summed E-state index contributed by atoms with van der Waals surface area (Å²) in [6, 6.07) is 11.6. The van der Waals surface area contributed by atoms with Crippen molar-refractivity contribution in [2.45, 2.75) is 26.7 Å². The number of carbonyl (C=O) groups excluding carboxylic acids is 2. The molecule has 150 valence electrons. The first-order valence-electron chi connectivity index (χ1n) is 9.46. The Kier molecular flexibility index (Phi) is 7.15. The highest BCUT2D eigenvalue weighted by atomic mass is 16.2. The average Bonchev–Trinajstić information content (AvgIpc) is 2.68. The topological polar surface area (TPSA) is 71.4 Å². The summed E-state index contributed by atoms with van der Waals surface area (Å²) in [5, 5.41) is 2.59. The highest BCUT2D eigenvalue weighted by Crippen LogP contribution is 2.26. The largest absolute Gasteiger partial charge is 0.358 e. The lowest BCUT2D eigenvalue weighted by Gasteiger charge is -2.30. The second-order valence-electron chi connectivity index (χ2n) is 7.45. The fourth-order valence-electron chi connectivity index (χ4n) is 3.29. The number of rotatable bonds is 7. The standard InChI is InChI=1S/C22H29N3O3/c1-15(2)19(17-9-7-6-8-10-17)13-25(14-20(26)23-4)22(28)18-11-16(3)21(27)24(5)12-18/h6-12,15,19H,13-14H2,1-5H3,(H,23,26). The third kappa shape index (κ3) is 5.09. The summed E-state index contributed by atoms with van der Waals surface area (Å²) in [4.78, 5) is 38.8. The van der Waals surface area contributed by atoms with E-state index in [0.29, 0.717) is 17.7 Å². The third-order valence-corrected chi connectivity index (χ3v) is 4.96. The van der Waals surface area contributed by atoms with Crippen molar-refractivity contribution in [2.75, 3.05) is 20.1 Å². The molecule has 2 aromatic rings. The third-order valence-electron chi connectivity index (χ3n) is 4.96. The highest BCUT2D eigenvalue weighted by molar-refractivity contribution is 5.96. The maximum atomic E-state index is 13.2. The van der Waals surface area contributed by atoms with Crippen molar-refractivity contribution in [3.8, 4) is 0 Å². The van der Waals surface area contributed by atoms with E-state index in [1.807, 2.05) is 30.3 Å². The van der Waals surface area contributed by atoms with E-state index in [0.717, 1.165) is 5.56 Å². The lowest BCUT2D eigenvalue weighted by Crippen LogP contribution is -2.43. The minimum Gasteiger partial charge on any atom is -0.358 e. The van der Waals surface area contributed by atoms with Gasteiger partial charge in [-0.3, -0.25) is 14.4 Å². The lowest BCUT2D eigenvalue weighted by atomic mass is 9.88. The molecule has 1 atom stereocenters. The van der Waals surface area contributed by atoms with Crippen molar-refractivity contribution in [3.63, 3.8) is 0 Å². The van der Waals surface area contributed by atoms with E-state index in [-0.39, 0.29) is 35.8 Å². The summed E-state index contributed by atoms with van der Waals surface area (Å²) < 4.78 is 1.40. The summed E-state index contributed by atoms with van der Waals surface area (Å²) in [6.45, 7) is 6.28. The Bertz CT molecular complexity index is 861. The summed E-state index contributed by atoms with van der Waals surface area (Å²) in [5.41, 5.74) is 1.89. The molecule has 0 aliphatic carbocycles. The van der Waals surface area contributed by atoms with Gasteiger partial charge in [0.15, 0.2) is 0 Å². The SMILES string of the molecule is CNC(=O)CN(CC(c1ccccc1)C(C)C)C(=O)c1cc(C)c(=O)n(C)c1. The Hall–Kier alpha value is -2.89. The van der Waals surface area contributed by atoms with Gasteiger partial charge in [-0.15, -0.1) is 0 Å². The Morgan fingerprint density at radius 2 is 1.82 bits per heavy atom. The van der Waals surface area contributed by atoms with E-state index in [4.69, 9.17) is 0 Å². The first-order chi connectivity index (χ1) is 13.2. The number of nitrogens with one attached hydrogen (secondary N) is 1. The summed E-state index contributed by atoms with van der Waals surface area (Å²) >= 11 is 0. The second kappa shape index (κ2) is 9.35. The van der Waals surface area contributed by atoms with Crippen LogP contribution in [-0.4, -0.2) is 41.4 Å². The lowest BCUT2D eigenvalue weighted by molar-refractivity contribution is -0.121. The van der Waals surface area contributed by atoms with Crippen molar-refractivity contribution in [1.82, 2.24) is 14.8 Å². The van der Waals surface area contributed by atoms with Crippen molar-refractivity contribution >= 4 is 11.8 Å². The monoisotopic (exact) mass is 383 g/mol. The molecule has 6 heteroatoms. The van der Waals surface area contributed by atoms with Crippen molar-refractivity contribution in [2.24, 2.45) is 13.0 Å². The molecule has 6 nitrogen and oxygen atoms in total. The minimum atomic E-state index is -0.260. The summed E-state index contributed by atoms with van der Waals surface area (Å²) in [5.74, 6) is -0.123. The molecule has 2 rings (SSSR count).